The third-order valence-corrected chi connectivity index (χ3v) is 3.35. The molecule has 0 heterocycles. The second-order valence-electron chi connectivity index (χ2n) is 4.79. The number of benzene rings is 2. The summed E-state index contributed by atoms with van der Waals surface area (Å²) in [5, 5.41) is 0.337. The number of carbonyl (C=O) groups is 1. The van der Waals surface area contributed by atoms with Crippen molar-refractivity contribution in [1.82, 2.24) is 0 Å². The largest absolute Gasteiger partial charge is 0.490 e. The summed E-state index contributed by atoms with van der Waals surface area (Å²) in [6, 6.07) is 10.7. The van der Waals surface area contributed by atoms with E-state index >= 15 is 0 Å². The Morgan fingerprint density at radius 2 is 1.85 bits per heavy atom. The number of carbonyl (C=O) groups excluding carboxylic acids is 1. The van der Waals surface area contributed by atoms with Gasteiger partial charge in [0.1, 0.15) is 11.6 Å². The van der Waals surface area contributed by atoms with E-state index in [9.17, 15) is 9.18 Å². The molecule has 0 unspecified atom stereocenters. The quantitative estimate of drug-likeness (QED) is 0.787. The lowest BCUT2D eigenvalue weighted by molar-refractivity contribution is 0.103. The standard InChI is InChI=1S/C16H12ClFO2/c17-11-3-8-15(18)14(9-11)16(19)10-1-4-12(5-2-10)20-13-6-7-13/h1-5,8-9,13H,6-7H2. The summed E-state index contributed by atoms with van der Waals surface area (Å²) in [7, 11) is 0. The predicted octanol–water partition coefficient (Wildman–Crippen LogP) is 4.25. The Morgan fingerprint density at radius 1 is 1.15 bits per heavy atom. The van der Waals surface area contributed by atoms with E-state index in [0.717, 1.165) is 18.6 Å². The van der Waals surface area contributed by atoms with E-state index in [-0.39, 0.29) is 11.3 Å². The molecule has 0 atom stereocenters. The molecule has 1 saturated carbocycles. The molecule has 0 saturated heterocycles. The molecule has 2 aromatic carbocycles. The second-order valence-corrected chi connectivity index (χ2v) is 5.23. The van der Waals surface area contributed by atoms with Crippen LogP contribution in [0.15, 0.2) is 42.5 Å². The zero-order chi connectivity index (χ0) is 14.1. The van der Waals surface area contributed by atoms with Crippen molar-refractivity contribution in [3.8, 4) is 5.75 Å². The fourth-order valence-corrected chi connectivity index (χ4v) is 2.06. The Kier molecular flexibility index (Phi) is 3.45. The van der Waals surface area contributed by atoms with Crippen molar-refractivity contribution in [3.05, 3.63) is 64.4 Å². The molecule has 0 bridgehead atoms. The molecule has 1 fully saturated rings. The molecule has 0 aromatic heterocycles. The van der Waals surface area contributed by atoms with Gasteiger partial charge in [-0.1, -0.05) is 11.6 Å². The van der Waals surface area contributed by atoms with Crippen molar-refractivity contribution < 1.29 is 13.9 Å². The van der Waals surface area contributed by atoms with Gasteiger partial charge in [-0.25, -0.2) is 4.39 Å². The molecule has 3 rings (SSSR count). The summed E-state index contributed by atoms with van der Waals surface area (Å²) < 4.78 is 19.3. The Hall–Kier alpha value is -1.87. The van der Waals surface area contributed by atoms with E-state index in [1.807, 2.05) is 0 Å². The van der Waals surface area contributed by atoms with Crippen LogP contribution in [0.1, 0.15) is 28.8 Å². The van der Waals surface area contributed by atoms with Crippen LogP contribution in [0.3, 0.4) is 0 Å². The number of ether oxygens (including phenoxy) is 1. The molecule has 20 heavy (non-hydrogen) atoms. The topological polar surface area (TPSA) is 26.3 Å². The highest BCUT2D eigenvalue weighted by Gasteiger charge is 2.23. The van der Waals surface area contributed by atoms with Crippen LogP contribution in [0.5, 0.6) is 5.75 Å². The highest BCUT2D eigenvalue weighted by atomic mass is 35.5. The van der Waals surface area contributed by atoms with Crippen molar-refractivity contribution >= 4 is 17.4 Å². The lowest BCUT2D eigenvalue weighted by atomic mass is 10.0. The lowest BCUT2D eigenvalue weighted by Crippen LogP contribution is -2.04. The normalized spacial score (nSPS) is 14.1. The third kappa shape index (κ3) is 2.83. The van der Waals surface area contributed by atoms with Crippen molar-refractivity contribution in [2.75, 3.05) is 0 Å². The Labute approximate surface area is 121 Å². The van der Waals surface area contributed by atoms with E-state index in [2.05, 4.69) is 0 Å². The number of hydrogen-bond donors (Lipinski definition) is 0. The molecule has 1 aliphatic carbocycles. The van der Waals surface area contributed by atoms with Crippen LogP contribution in [0.4, 0.5) is 4.39 Å². The maximum atomic E-state index is 13.7. The van der Waals surface area contributed by atoms with Crippen molar-refractivity contribution in [1.29, 1.82) is 0 Å². The fourth-order valence-electron chi connectivity index (χ4n) is 1.89. The summed E-state index contributed by atoms with van der Waals surface area (Å²) in [5.41, 5.74) is 0.391. The molecule has 2 nitrogen and oxygen atoms in total. The average Bonchev–Trinajstić information content (AvgIpc) is 3.26. The first-order chi connectivity index (χ1) is 9.63. The summed E-state index contributed by atoms with van der Waals surface area (Å²) in [6.07, 6.45) is 2.46. The minimum absolute atomic E-state index is 0.0200. The first-order valence-electron chi connectivity index (χ1n) is 6.40. The molecule has 0 amide bonds. The highest BCUT2D eigenvalue weighted by molar-refractivity contribution is 6.31. The number of halogens is 2. The van der Waals surface area contributed by atoms with Crippen LogP contribution in [0, 0.1) is 5.82 Å². The van der Waals surface area contributed by atoms with E-state index in [1.165, 1.54) is 18.2 Å². The molecular weight excluding hydrogens is 279 g/mol. The maximum absolute atomic E-state index is 13.7. The molecule has 0 N–H and O–H groups in total. The van der Waals surface area contributed by atoms with E-state index in [1.54, 1.807) is 24.3 Å². The Balaban J connectivity index is 1.83. The smallest absolute Gasteiger partial charge is 0.196 e. The zero-order valence-electron chi connectivity index (χ0n) is 10.6. The van der Waals surface area contributed by atoms with Gasteiger partial charge in [-0.2, -0.15) is 0 Å². The van der Waals surface area contributed by atoms with Gasteiger partial charge in [-0.15, -0.1) is 0 Å². The zero-order valence-corrected chi connectivity index (χ0v) is 11.4. The lowest BCUT2D eigenvalue weighted by Gasteiger charge is -2.06. The van der Waals surface area contributed by atoms with Gasteiger partial charge >= 0.3 is 0 Å². The van der Waals surface area contributed by atoms with Crippen LogP contribution in [0.2, 0.25) is 5.02 Å². The van der Waals surface area contributed by atoms with Gasteiger partial charge in [0.05, 0.1) is 11.7 Å². The van der Waals surface area contributed by atoms with E-state index in [4.69, 9.17) is 16.3 Å². The monoisotopic (exact) mass is 290 g/mol. The van der Waals surface area contributed by atoms with Crippen LogP contribution in [-0.4, -0.2) is 11.9 Å². The molecule has 0 aliphatic heterocycles. The average molecular weight is 291 g/mol. The van der Waals surface area contributed by atoms with Crippen molar-refractivity contribution in [2.24, 2.45) is 0 Å². The molecule has 2 aromatic rings. The van der Waals surface area contributed by atoms with Gasteiger partial charge in [0.25, 0.3) is 0 Å². The Bertz CT molecular complexity index is 648. The minimum atomic E-state index is -0.572. The SMILES string of the molecule is O=C(c1ccc(OC2CC2)cc1)c1cc(Cl)ccc1F. The third-order valence-electron chi connectivity index (χ3n) is 3.12. The number of ketones is 1. The predicted molar refractivity (Wildman–Crippen MR) is 74.9 cm³/mol. The van der Waals surface area contributed by atoms with Crippen LogP contribution in [0.25, 0.3) is 0 Å². The summed E-state index contributed by atoms with van der Waals surface area (Å²) >= 11 is 5.80. The second kappa shape index (κ2) is 5.25. The molecule has 0 radical (unpaired) electrons. The maximum Gasteiger partial charge on any atom is 0.196 e. The van der Waals surface area contributed by atoms with Gasteiger partial charge in [0, 0.05) is 10.6 Å². The molecule has 4 heteroatoms. The summed E-state index contributed by atoms with van der Waals surface area (Å²) in [6.45, 7) is 0. The molecular formula is C16H12ClFO2. The molecule has 0 spiro atoms. The van der Waals surface area contributed by atoms with Gasteiger partial charge < -0.3 is 4.74 Å². The first-order valence-corrected chi connectivity index (χ1v) is 6.78. The van der Waals surface area contributed by atoms with Crippen molar-refractivity contribution in [2.45, 2.75) is 18.9 Å². The minimum Gasteiger partial charge on any atom is -0.490 e. The molecule has 1 aliphatic rings. The van der Waals surface area contributed by atoms with Gasteiger partial charge in [-0.05, 0) is 55.3 Å². The van der Waals surface area contributed by atoms with Crippen LogP contribution < -0.4 is 4.74 Å². The van der Waals surface area contributed by atoms with E-state index < -0.39 is 5.82 Å². The van der Waals surface area contributed by atoms with Gasteiger partial charge in [0.15, 0.2) is 5.78 Å². The van der Waals surface area contributed by atoms with Gasteiger partial charge in [0.2, 0.25) is 0 Å². The number of hydrogen-bond acceptors (Lipinski definition) is 2. The number of rotatable bonds is 4. The van der Waals surface area contributed by atoms with Crippen LogP contribution in [-0.2, 0) is 0 Å². The Morgan fingerprint density at radius 3 is 2.50 bits per heavy atom. The first kappa shape index (κ1) is 13.1. The summed E-state index contributed by atoms with van der Waals surface area (Å²) in [4.78, 5) is 12.2. The van der Waals surface area contributed by atoms with Gasteiger partial charge in [-0.3, -0.25) is 4.79 Å². The summed E-state index contributed by atoms with van der Waals surface area (Å²) in [5.74, 6) is -0.226. The molecule has 102 valence electrons. The highest BCUT2D eigenvalue weighted by Crippen LogP contribution is 2.27. The van der Waals surface area contributed by atoms with Crippen molar-refractivity contribution in [3.63, 3.8) is 0 Å². The van der Waals surface area contributed by atoms with Crippen LogP contribution >= 0.6 is 11.6 Å². The van der Waals surface area contributed by atoms with E-state index in [0.29, 0.717) is 16.7 Å². The fraction of sp³-hybridized carbons (Fsp3) is 0.188.